The fourth-order valence-electron chi connectivity index (χ4n) is 4.10. The van der Waals surface area contributed by atoms with Crippen molar-refractivity contribution in [1.29, 1.82) is 0 Å². The summed E-state index contributed by atoms with van der Waals surface area (Å²) in [7, 11) is 0. The lowest BCUT2D eigenvalue weighted by Crippen LogP contribution is -2.06. The molecule has 0 aliphatic heterocycles. The summed E-state index contributed by atoms with van der Waals surface area (Å²) in [4.78, 5) is 17.5. The van der Waals surface area contributed by atoms with Crippen molar-refractivity contribution in [3.63, 3.8) is 0 Å². The van der Waals surface area contributed by atoms with Crippen LogP contribution in [-0.2, 0) is 6.54 Å². The summed E-state index contributed by atoms with van der Waals surface area (Å²) in [5, 5.41) is 3.57. The summed E-state index contributed by atoms with van der Waals surface area (Å²) >= 11 is 6.27. The van der Waals surface area contributed by atoms with Crippen molar-refractivity contribution in [1.82, 2.24) is 29.1 Å². The third-order valence-corrected chi connectivity index (χ3v) is 5.80. The van der Waals surface area contributed by atoms with E-state index in [1.165, 1.54) is 12.8 Å². The van der Waals surface area contributed by atoms with Gasteiger partial charge in [0.2, 0.25) is 5.28 Å². The van der Waals surface area contributed by atoms with Gasteiger partial charge >= 0.3 is 0 Å². The fraction of sp³-hybridized carbons (Fsp3) is 0.364. The number of fused-ring (bicyclic) bond motifs is 1. The van der Waals surface area contributed by atoms with Crippen molar-refractivity contribution in [3.05, 3.63) is 54.6 Å². The van der Waals surface area contributed by atoms with Crippen LogP contribution in [0, 0.1) is 0 Å². The van der Waals surface area contributed by atoms with Crippen molar-refractivity contribution in [2.75, 3.05) is 11.9 Å². The van der Waals surface area contributed by atoms with E-state index in [2.05, 4.69) is 29.8 Å². The minimum Gasteiger partial charge on any atom is -0.491 e. The molecule has 1 aromatic carbocycles. The van der Waals surface area contributed by atoms with Crippen molar-refractivity contribution in [3.8, 4) is 5.75 Å². The zero-order valence-corrected chi connectivity index (χ0v) is 17.9. The van der Waals surface area contributed by atoms with Crippen LogP contribution in [-0.4, -0.2) is 35.7 Å². The van der Waals surface area contributed by atoms with Crippen LogP contribution in [0.2, 0.25) is 5.28 Å². The predicted molar refractivity (Wildman–Crippen MR) is 120 cm³/mol. The number of benzene rings is 1. The largest absolute Gasteiger partial charge is 0.491 e. The molecule has 8 nitrogen and oxygen atoms in total. The average molecular weight is 438 g/mol. The van der Waals surface area contributed by atoms with E-state index in [1.807, 2.05) is 47.7 Å². The molecule has 0 amide bonds. The Hall–Kier alpha value is -3.13. The lowest BCUT2D eigenvalue weighted by Gasteiger charge is -2.14. The molecule has 0 saturated heterocycles. The zero-order valence-electron chi connectivity index (χ0n) is 17.1. The van der Waals surface area contributed by atoms with Gasteiger partial charge in [0.15, 0.2) is 17.0 Å². The Kier molecular flexibility index (Phi) is 5.71. The molecule has 1 N–H and O–H groups in total. The number of aromatic nitrogens is 6. The Morgan fingerprint density at radius 3 is 2.84 bits per heavy atom. The number of nitrogens with one attached hydrogen (secondary N) is 1. The molecule has 1 fully saturated rings. The molecule has 1 saturated carbocycles. The number of rotatable bonds is 8. The van der Waals surface area contributed by atoms with E-state index in [9.17, 15) is 0 Å². The molecule has 160 valence electrons. The van der Waals surface area contributed by atoms with Crippen molar-refractivity contribution in [2.24, 2.45) is 0 Å². The lowest BCUT2D eigenvalue weighted by atomic mass is 10.2. The second-order valence-corrected chi connectivity index (χ2v) is 8.07. The van der Waals surface area contributed by atoms with Gasteiger partial charge in [-0.1, -0.05) is 25.0 Å². The number of ether oxygens (including phenoxy) is 1. The molecule has 5 rings (SSSR count). The van der Waals surface area contributed by atoms with E-state index in [4.69, 9.17) is 16.3 Å². The highest BCUT2D eigenvalue weighted by Crippen LogP contribution is 2.34. The first kappa shape index (κ1) is 19.8. The molecule has 3 heterocycles. The molecule has 1 aliphatic rings. The van der Waals surface area contributed by atoms with Crippen LogP contribution in [0.4, 0.5) is 11.5 Å². The molecule has 3 aromatic heterocycles. The van der Waals surface area contributed by atoms with Crippen LogP contribution in [0.15, 0.2) is 49.3 Å². The minimum absolute atomic E-state index is 0.202. The maximum Gasteiger partial charge on any atom is 0.226 e. The van der Waals surface area contributed by atoms with Gasteiger partial charge in [0.25, 0.3) is 0 Å². The summed E-state index contributed by atoms with van der Waals surface area (Å²) in [5.74, 6) is 1.34. The summed E-state index contributed by atoms with van der Waals surface area (Å²) in [6, 6.07) is 8.23. The first-order valence-electron chi connectivity index (χ1n) is 10.6. The second kappa shape index (κ2) is 8.93. The van der Waals surface area contributed by atoms with Gasteiger partial charge in [-0.05, 0) is 43.0 Å². The summed E-state index contributed by atoms with van der Waals surface area (Å²) in [5.41, 5.74) is 2.30. The maximum atomic E-state index is 6.27. The van der Waals surface area contributed by atoms with Crippen LogP contribution >= 0.6 is 11.6 Å². The highest BCUT2D eigenvalue weighted by molar-refractivity contribution is 6.28. The molecule has 0 unspecified atom stereocenters. The van der Waals surface area contributed by atoms with Crippen LogP contribution < -0.4 is 10.1 Å². The Balaban J connectivity index is 1.35. The summed E-state index contributed by atoms with van der Waals surface area (Å²) < 4.78 is 10.2. The first-order chi connectivity index (χ1) is 15.3. The van der Waals surface area contributed by atoms with Gasteiger partial charge in [-0.25, -0.2) is 9.97 Å². The Morgan fingerprint density at radius 2 is 2.00 bits per heavy atom. The maximum absolute atomic E-state index is 6.27. The zero-order chi connectivity index (χ0) is 21.0. The van der Waals surface area contributed by atoms with Crippen molar-refractivity contribution < 1.29 is 4.74 Å². The monoisotopic (exact) mass is 437 g/mol. The van der Waals surface area contributed by atoms with Crippen LogP contribution in [0.25, 0.3) is 11.2 Å². The highest BCUT2D eigenvalue weighted by Gasteiger charge is 2.22. The van der Waals surface area contributed by atoms with Crippen LogP contribution in [0.5, 0.6) is 5.75 Å². The summed E-state index contributed by atoms with van der Waals surface area (Å²) in [6.07, 6.45) is 13.0. The van der Waals surface area contributed by atoms with E-state index < -0.39 is 0 Å². The van der Waals surface area contributed by atoms with Gasteiger partial charge in [0.1, 0.15) is 5.75 Å². The average Bonchev–Trinajstić information content (AvgIpc) is 3.53. The van der Waals surface area contributed by atoms with Gasteiger partial charge in [-0.3, -0.25) is 0 Å². The standard InChI is InChI=1S/C22H24ClN7O/c23-22-27-20(19-21(28-22)30(15-25-19)16-6-1-2-7-16)26-17-8-3-4-9-18(17)31-13-5-11-29-12-10-24-14-29/h3-4,8-10,12,14-16H,1-2,5-7,11,13H2,(H,26,27,28). The minimum atomic E-state index is 0.202. The first-order valence-corrected chi connectivity index (χ1v) is 11.0. The number of hydrogen-bond acceptors (Lipinski definition) is 6. The molecular weight excluding hydrogens is 414 g/mol. The molecule has 0 atom stereocenters. The number of hydrogen-bond donors (Lipinski definition) is 1. The fourth-order valence-corrected chi connectivity index (χ4v) is 4.26. The number of anilines is 2. The molecule has 4 aromatic rings. The number of aryl methyl sites for hydroxylation is 1. The molecule has 0 spiro atoms. The Bertz CT molecular complexity index is 1150. The predicted octanol–water partition coefficient (Wildman–Crippen LogP) is 5.00. The van der Waals surface area contributed by atoms with Crippen molar-refractivity contribution >= 4 is 34.3 Å². The molecule has 0 bridgehead atoms. The Morgan fingerprint density at radius 1 is 1.13 bits per heavy atom. The summed E-state index contributed by atoms with van der Waals surface area (Å²) in [6.45, 7) is 1.45. The van der Waals surface area contributed by atoms with Gasteiger partial charge in [-0.15, -0.1) is 0 Å². The van der Waals surface area contributed by atoms with E-state index in [0.717, 1.165) is 42.9 Å². The molecular formula is C22H24ClN7O. The van der Waals surface area contributed by atoms with E-state index in [1.54, 1.807) is 6.20 Å². The Labute approximate surface area is 185 Å². The van der Waals surface area contributed by atoms with Crippen LogP contribution in [0.3, 0.4) is 0 Å². The second-order valence-electron chi connectivity index (χ2n) is 7.73. The number of halogens is 1. The third-order valence-electron chi connectivity index (χ3n) is 5.63. The van der Waals surface area contributed by atoms with Crippen molar-refractivity contribution in [2.45, 2.75) is 44.7 Å². The van der Waals surface area contributed by atoms with E-state index in [0.29, 0.717) is 24.0 Å². The normalized spacial score (nSPS) is 14.4. The highest BCUT2D eigenvalue weighted by atomic mass is 35.5. The smallest absolute Gasteiger partial charge is 0.226 e. The molecule has 9 heteroatoms. The van der Waals surface area contributed by atoms with Gasteiger partial charge in [0, 0.05) is 25.0 Å². The number of para-hydroxylation sites is 2. The van der Waals surface area contributed by atoms with E-state index >= 15 is 0 Å². The molecule has 1 aliphatic carbocycles. The van der Waals surface area contributed by atoms with Crippen LogP contribution in [0.1, 0.15) is 38.1 Å². The SMILES string of the molecule is Clc1nc(Nc2ccccc2OCCCn2ccnc2)c2ncn(C3CCCC3)c2n1. The third kappa shape index (κ3) is 4.34. The number of nitrogens with zero attached hydrogens (tertiary/aromatic N) is 6. The lowest BCUT2D eigenvalue weighted by molar-refractivity contribution is 0.303. The van der Waals surface area contributed by atoms with Gasteiger partial charge in [0.05, 0.1) is 24.9 Å². The topological polar surface area (TPSA) is 82.7 Å². The number of imidazole rings is 2. The van der Waals surface area contributed by atoms with Gasteiger partial charge < -0.3 is 19.2 Å². The van der Waals surface area contributed by atoms with Gasteiger partial charge in [-0.2, -0.15) is 9.97 Å². The molecule has 31 heavy (non-hydrogen) atoms. The van der Waals surface area contributed by atoms with E-state index in [-0.39, 0.29) is 5.28 Å². The molecule has 0 radical (unpaired) electrons. The quantitative estimate of drug-likeness (QED) is 0.308.